The Bertz CT molecular complexity index is 410. The van der Waals surface area contributed by atoms with E-state index in [0.717, 1.165) is 0 Å². The molecule has 122 valence electrons. The molecular formula is C16H32O3Si2. The van der Waals surface area contributed by atoms with Crippen molar-refractivity contribution in [3.8, 4) is 11.5 Å². The van der Waals surface area contributed by atoms with Crippen LogP contribution < -0.4 is 0 Å². The Morgan fingerprint density at radius 1 is 1.19 bits per heavy atom. The molecule has 21 heavy (non-hydrogen) atoms. The molecule has 0 aromatic carbocycles. The first-order chi connectivity index (χ1) is 9.33. The first-order valence-corrected chi connectivity index (χ1v) is 14.2. The zero-order valence-electron chi connectivity index (χ0n) is 14.9. The molecule has 1 fully saturated rings. The predicted molar refractivity (Wildman–Crippen MR) is 93.3 cm³/mol. The molecule has 3 nitrogen and oxygen atoms in total. The van der Waals surface area contributed by atoms with Gasteiger partial charge in [-0.25, -0.2) is 0 Å². The average molecular weight is 329 g/mol. The second kappa shape index (κ2) is 6.55. The van der Waals surface area contributed by atoms with Crippen molar-refractivity contribution in [2.45, 2.75) is 77.4 Å². The molecule has 1 N–H and O–H groups in total. The van der Waals surface area contributed by atoms with Crippen LogP contribution in [0.5, 0.6) is 0 Å². The molecule has 1 unspecified atom stereocenters. The van der Waals surface area contributed by atoms with Crippen molar-refractivity contribution >= 4 is 16.4 Å². The highest BCUT2D eigenvalue weighted by molar-refractivity contribution is 6.83. The van der Waals surface area contributed by atoms with Gasteiger partial charge in [0.15, 0.2) is 14.6 Å². The van der Waals surface area contributed by atoms with Gasteiger partial charge in [-0.3, -0.25) is 0 Å². The third-order valence-electron chi connectivity index (χ3n) is 4.33. The zero-order chi connectivity index (χ0) is 16.5. The lowest BCUT2D eigenvalue weighted by Crippen LogP contribution is -2.46. The van der Waals surface area contributed by atoms with E-state index in [1.165, 1.54) is 0 Å². The molecule has 0 spiro atoms. The third-order valence-corrected chi connectivity index (χ3v) is 9.76. The van der Waals surface area contributed by atoms with Gasteiger partial charge in [0.25, 0.3) is 0 Å². The lowest BCUT2D eigenvalue weighted by atomic mass is 10.0. The van der Waals surface area contributed by atoms with E-state index in [0.29, 0.717) is 13.0 Å². The molecule has 1 aliphatic heterocycles. The summed E-state index contributed by atoms with van der Waals surface area (Å²) in [6.07, 6.45) is -0.113. The van der Waals surface area contributed by atoms with E-state index in [2.05, 4.69) is 65.0 Å². The first kappa shape index (κ1) is 18.9. The van der Waals surface area contributed by atoms with Crippen molar-refractivity contribution in [1.29, 1.82) is 0 Å². The summed E-state index contributed by atoms with van der Waals surface area (Å²) in [6.45, 7) is 18.3. The predicted octanol–water partition coefficient (Wildman–Crippen LogP) is 3.61. The Morgan fingerprint density at radius 3 is 2.24 bits per heavy atom. The van der Waals surface area contributed by atoms with E-state index in [4.69, 9.17) is 9.16 Å². The van der Waals surface area contributed by atoms with Gasteiger partial charge in [0, 0.05) is 12.3 Å². The van der Waals surface area contributed by atoms with Crippen molar-refractivity contribution in [3.05, 3.63) is 0 Å². The summed E-state index contributed by atoms with van der Waals surface area (Å²) in [4.78, 5) is 0. The molecule has 0 bridgehead atoms. The molecular weight excluding hydrogens is 296 g/mol. The van der Waals surface area contributed by atoms with Gasteiger partial charge in [0.1, 0.15) is 8.07 Å². The van der Waals surface area contributed by atoms with Gasteiger partial charge in [0.2, 0.25) is 0 Å². The highest BCUT2D eigenvalue weighted by Gasteiger charge is 2.44. The Labute approximate surface area is 132 Å². The first-order valence-electron chi connectivity index (χ1n) is 7.81. The van der Waals surface area contributed by atoms with E-state index >= 15 is 0 Å². The normalized spacial score (nSPS) is 27.4. The number of aliphatic hydroxyl groups excluding tert-OH is 1. The fraction of sp³-hybridized carbons (Fsp3) is 0.875. The summed E-state index contributed by atoms with van der Waals surface area (Å²) < 4.78 is 11.8. The van der Waals surface area contributed by atoms with Gasteiger partial charge in [-0.05, 0) is 18.1 Å². The quantitative estimate of drug-likeness (QED) is 0.635. The molecule has 0 saturated carbocycles. The van der Waals surface area contributed by atoms with Gasteiger partial charge in [-0.1, -0.05) is 40.4 Å². The minimum Gasteiger partial charge on any atom is -0.411 e. The number of aliphatic hydroxyl groups is 1. The van der Waals surface area contributed by atoms with Crippen molar-refractivity contribution in [2.24, 2.45) is 5.92 Å². The van der Waals surface area contributed by atoms with Crippen LogP contribution in [0, 0.1) is 17.4 Å². The second-order valence-corrected chi connectivity index (χ2v) is 18.1. The monoisotopic (exact) mass is 328 g/mol. The molecule has 1 saturated heterocycles. The van der Waals surface area contributed by atoms with Crippen molar-refractivity contribution in [1.82, 2.24) is 0 Å². The van der Waals surface area contributed by atoms with E-state index in [-0.39, 0.29) is 17.1 Å². The molecule has 1 aliphatic rings. The van der Waals surface area contributed by atoms with Crippen molar-refractivity contribution in [2.75, 3.05) is 6.61 Å². The smallest absolute Gasteiger partial charge is 0.192 e. The zero-order valence-corrected chi connectivity index (χ0v) is 16.9. The van der Waals surface area contributed by atoms with Crippen LogP contribution in [-0.2, 0) is 9.16 Å². The van der Waals surface area contributed by atoms with Gasteiger partial charge in [-0.2, -0.15) is 0 Å². The molecule has 0 aromatic rings. The summed E-state index contributed by atoms with van der Waals surface area (Å²) in [5.41, 5.74) is 3.36. The maximum absolute atomic E-state index is 10.0. The number of hydrogen-bond donors (Lipinski definition) is 1. The summed E-state index contributed by atoms with van der Waals surface area (Å²) >= 11 is 0. The number of hydrogen-bond acceptors (Lipinski definition) is 3. The highest BCUT2D eigenvalue weighted by atomic mass is 28.4. The van der Waals surface area contributed by atoms with Crippen molar-refractivity contribution < 1.29 is 14.3 Å². The number of ether oxygens (including phenoxy) is 1. The topological polar surface area (TPSA) is 38.7 Å². The average Bonchev–Trinajstić information content (AvgIpc) is 2.57. The lowest BCUT2D eigenvalue weighted by molar-refractivity contribution is -0.0813. The molecule has 1 rings (SSSR count). The van der Waals surface area contributed by atoms with Crippen LogP contribution in [-0.4, -0.2) is 40.5 Å². The summed E-state index contributed by atoms with van der Waals surface area (Å²) in [5, 5.41) is 10.2. The summed E-state index contributed by atoms with van der Waals surface area (Å²) in [6, 6.07) is 0. The number of rotatable bonds is 3. The van der Waals surface area contributed by atoms with E-state index in [1.807, 2.05) is 0 Å². The van der Waals surface area contributed by atoms with E-state index < -0.39 is 22.7 Å². The van der Waals surface area contributed by atoms with Crippen LogP contribution in [0.4, 0.5) is 0 Å². The van der Waals surface area contributed by atoms with Gasteiger partial charge in [-0.15, -0.1) is 11.5 Å². The maximum Gasteiger partial charge on any atom is 0.192 e. The van der Waals surface area contributed by atoms with E-state index in [1.54, 1.807) is 0 Å². The minimum absolute atomic E-state index is 0.0250. The molecule has 3 atom stereocenters. The Balaban J connectivity index is 2.75. The van der Waals surface area contributed by atoms with Crippen LogP contribution in [0.15, 0.2) is 0 Å². The Kier molecular flexibility index (Phi) is 5.90. The highest BCUT2D eigenvalue weighted by Crippen LogP contribution is 2.39. The lowest BCUT2D eigenvalue weighted by Gasteiger charge is -2.39. The molecule has 5 heteroatoms. The Hall–Kier alpha value is -0.126. The SMILES string of the molecule is CC(C)(C)[Si](C)(C)O[C@H]1COC(O)[C@H]1CC#C[Si](C)(C)C. The fourth-order valence-corrected chi connectivity index (χ4v) is 3.95. The van der Waals surface area contributed by atoms with Gasteiger partial charge < -0.3 is 14.3 Å². The Morgan fingerprint density at radius 2 is 1.76 bits per heavy atom. The molecule has 1 heterocycles. The van der Waals surface area contributed by atoms with Gasteiger partial charge in [0.05, 0.1) is 12.7 Å². The van der Waals surface area contributed by atoms with E-state index in [9.17, 15) is 5.11 Å². The molecule has 0 amide bonds. The van der Waals surface area contributed by atoms with Crippen LogP contribution in [0.1, 0.15) is 27.2 Å². The summed E-state index contributed by atoms with van der Waals surface area (Å²) in [7, 11) is -3.21. The van der Waals surface area contributed by atoms with Crippen LogP contribution >= 0.6 is 0 Å². The van der Waals surface area contributed by atoms with Crippen LogP contribution in [0.3, 0.4) is 0 Å². The van der Waals surface area contributed by atoms with Gasteiger partial charge >= 0.3 is 0 Å². The van der Waals surface area contributed by atoms with Crippen molar-refractivity contribution in [3.63, 3.8) is 0 Å². The fourth-order valence-electron chi connectivity index (χ4n) is 1.97. The standard InChI is InChI=1S/C16H32O3Si2/c1-16(2,3)21(7,8)19-14-12-18-15(17)13(14)10-9-11-20(4,5)6/h13-15,17H,10,12H2,1-8H3/t13-,14-,15?/m0/s1. The summed E-state index contributed by atoms with van der Waals surface area (Å²) in [5.74, 6) is 3.23. The molecule has 0 aromatic heterocycles. The van der Waals surface area contributed by atoms with Crippen LogP contribution in [0.2, 0.25) is 37.8 Å². The molecule has 0 radical (unpaired) electrons. The second-order valence-electron chi connectivity index (χ2n) is 8.56. The van der Waals surface area contributed by atoms with Crippen LogP contribution in [0.25, 0.3) is 0 Å². The molecule has 0 aliphatic carbocycles. The maximum atomic E-state index is 10.0. The largest absolute Gasteiger partial charge is 0.411 e. The minimum atomic E-state index is -1.85. The third kappa shape index (κ3) is 5.53.